The van der Waals surface area contributed by atoms with Gasteiger partial charge in [-0.1, -0.05) is 0 Å². The van der Waals surface area contributed by atoms with Crippen LogP contribution in [-0.2, 0) is 0 Å². The first-order chi connectivity index (χ1) is 9.58. The van der Waals surface area contributed by atoms with E-state index < -0.39 is 0 Å². The molecule has 0 bridgehead atoms. The van der Waals surface area contributed by atoms with Crippen LogP contribution in [-0.4, -0.2) is 24.0 Å². The van der Waals surface area contributed by atoms with Crippen molar-refractivity contribution in [1.82, 2.24) is 4.98 Å². The molecule has 5 nitrogen and oxygen atoms in total. The summed E-state index contributed by atoms with van der Waals surface area (Å²) in [6.07, 6.45) is 0. The van der Waals surface area contributed by atoms with Crippen LogP contribution in [0.4, 0.5) is 5.69 Å². The number of anilines is 1. The van der Waals surface area contributed by atoms with E-state index in [4.69, 9.17) is 15.2 Å². The summed E-state index contributed by atoms with van der Waals surface area (Å²) in [6.45, 7) is 4.45. The van der Waals surface area contributed by atoms with Crippen molar-refractivity contribution in [2.45, 2.75) is 13.8 Å². The lowest BCUT2D eigenvalue weighted by Gasteiger charge is -2.18. The molecule has 2 heterocycles. The Kier molecular flexibility index (Phi) is 2.89. The molecule has 0 fully saturated rings. The molecule has 0 saturated heterocycles. The number of Topliss-reactive ketones (excluding diaryl/α,β-unsaturated/α-hetero) is 1. The van der Waals surface area contributed by atoms with Crippen LogP contribution >= 0.6 is 0 Å². The fourth-order valence-corrected chi connectivity index (χ4v) is 2.52. The van der Waals surface area contributed by atoms with Gasteiger partial charge in [-0.2, -0.15) is 0 Å². The third kappa shape index (κ3) is 1.91. The number of aromatic amines is 1. The summed E-state index contributed by atoms with van der Waals surface area (Å²) in [7, 11) is 0. The van der Waals surface area contributed by atoms with E-state index in [1.165, 1.54) is 6.92 Å². The number of fused-ring (bicyclic) bond motifs is 1. The normalized spacial score (nSPS) is 13.3. The molecule has 3 rings (SSSR count). The summed E-state index contributed by atoms with van der Waals surface area (Å²) >= 11 is 0. The monoisotopic (exact) mass is 272 g/mol. The van der Waals surface area contributed by atoms with Crippen LogP contribution in [0, 0.1) is 6.92 Å². The summed E-state index contributed by atoms with van der Waals surface area (Å²) < 4.78 is 11.1. The number of nitrogens with two attached hydrogens (primary N) is 1. The van der Waals surface area contributed by atoms with Crippen LogP contribution < -0.4 is 15.2 Å². The minimum absolute atomic E-state index is 0.0416. The number of hydrogen-bond acceptors (Lipinski definition) is 4. The van der Waals surface area contributed by atoms with Gasteiger partial charge in [0.25, 0.3) is 0 Å². The number of ketones is 1. The zero-order valence-corrected chi connectivity index (χ0v) is 11.4. The first kappa shape index (κ1) is 12.6. The number of rotatable bonds is 2. The van der Waals surface area contributed by atoms with Crippen LogP contribution in [0.15, 0.2) is 18.2 Å². The molecule has 0 atom stereocenters. The van der Waals surface area contributed by atoms with Crippen molar-refractivity contribution in [2.75, 3.05) is 18.9 Å². The number of carbonyl (C=O) groups is 1. The summed E-state index contributed by atoms with van der Waals surface area (Å²) in [6, 6.07) is 5.63. The highest BCUT2D eigenvalue weighted by molar-refractivity contribution is 6.03. The first-order valence-corrected chi connectivity index (χ1v) is 6.47. The Bertz CT molecular complexity index is 689. The Hall–Kier alpha value is -2.43. The topological polar surface area (TPSA) is 77.3 Å². The van der Waals surface area contributed by atoms with Crippen LogP contribution in [0.2, 0.25) is 0 Å². The number of aromatic nitrogens is 1. The maximum absolute atomic E-state index is 11.6. The molecule has 1 aliphatic heterocycles. The standard InChI is InChI=1S/C15H16N2O3/c1-8-13(9(2)18)14(16)15(17-8)10-3-4-11-12(7-10)20-6-5-19-11/h3-4,7,17H,5-6,16H2,1-2H3. The molecule has 20 heavy (non-hydrogen) atoms. The summed E-state index contributed by atoms with van der Waals surface area (Å²) in [4.78, 5) is 14.8. The number of benzene rings is 1. The average Bonchev–Trinajstić information content (AvgIpc) is 2.73. The van der Waals surface area contributed by atoms with Crippen molar-refractivity contribution in [3.05, 3.63) is 29.5 Å². The van der Waals surface area contributed by atoms with Crippen LogP contribution in [0.1, 0.15) is 23.0 Å². The van der Waals surface area contributed by atoms with E-state index in [2.05, 4.69) is 4.98 Å². The molecule has 2 aromatic rings. The highest BCUT2D eigenvalue weighted by Crippen LogP contribution is 2.37. The minimum atomic E-state index is -0.0416. The van der Waals surface area contributed by atoms with E-state index in [9.17, 15) is 4.79 Å². The van der Waals surface area contributed by atoms with E-state index in [0.29, 0.717) is 30.2 Å². The third-order valence-electron chi connectivity index (χ3n) is 3.41. The molecule has 0 amide bonds. The summed E-state index contributed by atoms with van der Waals surface area (Å²) in [5.41, 5.74) is 9.51. The lowest BCUT2D eigenvalue weighted by Crippen LogP contribution is -2.15. The lowest BCUT2D eigenvalue weighted by molar-refractivity contribution is 0.101. The molecular weight excluding hydrogens is 256 g/mol. The number of ether oxygens (including phenoxy) is 2. The van der Waals surface area contributed by atoms with Gasteiger partial charge in [0.05, 0.1) is 16.9 Å². The second-order valence-electron chi connectivity index (χ2n) is 4.83. The maximum atomic E-state index is 11.6. The van der Waals surface area contributed by atoms with E-state index >= 15 is 0 Å². The van der Waals surface area contributed by atoms with Gasteiger partial charge in [-0.05, 0) is 32.0 Å². The van der Waals surface area contributed by atoms with Crippen molar-refractivity contribution in [3.8, 4) is 22.8 Å². The molecule has 0 unspecified atom stereocenters. The molecule has 0 radical (unpaired) electrons. The Morgan fingerprint density at radius 2 is 1.95 bits per heavy atom. The molecule has 0 saturated carbocycles. The molecule has 1 aromatic heterocycles. The number of aryl methyl sites for hydroxylation is 1. The number of hydrogen-bond donors (Lipinski definition) is 2. The third-order valence-corrected chi connectivity index (χ3v) is 3.41. The zero-order valence-electron chi connectivity index (χ0n) is 11.4. The van der Waals surface area contributed by atoms with E-state index in [0.717, 1.165) is 22.7 Å². The largest absolute Gasteiger partial charge is 0.486 e. The number of nitrogens with one attached hydrogen (secondary N) is 1. The molecule has 5 heteroatoms. The lowest BCUT2D eigenvalue weighted by atomic mass is 10.1. The van der Waals surface area contributed by atoms with E-state index in [1.807, 2.05) is 25.1 Å². The SMILES string of the molecule is CC(=O)c1c(C)[nH]c(-c2ccc3c(c2)OCCO3)c1N. The van der Waals surface area contributed by atoms with Gasteiger partial charge in [0.2, 0.25) is 0 Å². The number of H-pyrrole nitrogens is 1. The van der Waals surface area contributed by atoms with E-state index in [1.54, 1.807) is 0 Å². The number of carbonyl (C=O) groups excluding carboxylic acids is 1. The second kappa shape index (κ2) is 4.59. The Labute approximate surface area is 116 Å². The molecule has 0 spiro atoms. The van der Waals surface area contributed by atoms with Crippen molar-refractivity contribution < 1.29 is 14.3 Å². The summed E-state index contributed by atoms with van der Waals surface area (Å²) in [5.74, 6) is 1.39. The van der Waals surface area contributed by atoms with Gasteiger partial charge in [-0.25, -0.2) is 0 Å². The Morgan fingerprint density at radius 3 is 2.60 bits per heavy atom. The Balaban J connectivity index is 2.10. The predicted octanol–water partition coefficient (Wildman–Crippen LogP) is 2.55. The molecule has 3 N–H and O–H groups in total. The summed E-state index contributed by atoms with van der Waals surface area (Å²) in [5, 5.41) is 0. The minimum Gasteiger partial charge on any atom is -0.486 e. The fourth-order valence-electron chi connectivity index (χ4n) is 2.52. The van der Waals surface area contributed by atoms with Crippen LogP contribution in [0.5, 0.6) is 11.5 Å². The molecular formula is C15H16N2O3. The maximum Gasteiger partial charge on any atom is 0.163 e. The fraction of sp³-hybridized carbons (Fsp3) is 0.267. The van der Waals surface area contributed by atoms with Gasteiger partial charge < -0.3 is 20.2 Å². The zero-order chi connectivity index (χ0) is 14.3. The van der Waals surface area contributed by atoms with Gasteiger partial charge in [0.1, 0.15) is 13.2 Å². The average molecular weight is 272 g/mol. The number of nitrogen functional groups attached to an aromatic ring is 1. The second-order valence-corrected chi connectivity index (χ2v) is 4.83. The van der Waals surface area contributed by atoms with Crippen molar-refractivity contribution in [3.63, 3.8) is 0 Å². The van der Waals surface area contributed by atoms with E-state index in [-0.39, 0.29) is 5.78 Å². The highest BCUT2D eigenvalue weighted by Gasteiger charge is 2.19. The molecule has 1 aromatic carbocycles. The van der Waals surface area contributed by atoms with Gasteiger partial charge in [-0.3, -0.25) is 4.79 Å². The highest BCUT2D eigenvalue weighted by atomic mass is 16.6. The molecule has 104 valence electrons. The van der Waals surface area contributed by atoms with Crippen molar-refractivity contribution in [2.24, 2.45) is 0 Å². The smallest absolute Gasteiger partial charge is 0.163 e. The molecule has 0 aliphatic carbocycles. The van der Waals surface area contributed by atoms with Gasteiger partial charge in [0, 0.05) is 11.3 Å². The van der Waals surface area contributed by atoms with Crippen molar-refractivity contribution >= 4 is 11.5 Å². The van der Waals surface area contributed by atoms with Gasteiger partial charge >= 0.3 is 0 Å². The Morgan fingerprint density at radius 1 is 1.25 bits per heavy atom. The first-order valence-electron chi connectivity index (χ1n) is 6.47. The van der Waals surface area contributed by atoms with Gasteiger partial charge in [-0.15, -0.1) is 0 Å². The van der Waals surface area contributed by atoms with Crippen LogP contribution in [0.25, 0.3) is 11.3 Å². The predicted molar refractivity (Wildman–Crippen MR) is 76.4 cm³/mol. The quantitative estimate of drug-likeness (QED) is 0.824. The van der Waals surface area contributed by atoms with Gasteiger partial charge in [0.15, 0.2) is 17.3 Å². The van der Waals surface area contributed by atoms with Crippen molar-refractivity contribution in [1.29, 1.82) is 0 Å². The molecule has 1 aliphatic rings. The van der Waals surface area contributed by atoms with Crippen LogP contribution in [0.3, 0.4) is 0 Å².